The van der Waals surface area contributed by atoms with Crippen LogP contribution in [0.5, 0.6) is 0 Å². The van der Waals surface area contributed by atoms with Gasteiger partial charge in [-0.15, -0.1) is 0 Å². The van der Waals surface area contributed by atoms with Gasteiger partial charge in [0, 0.05) is 18.6 Å². The Bertz CT molecular complexity index is 147. The van der Waals surface area contributed by atoms with Crippen LogP contribution < -0.4 is 5.32 Å². The van der Waals surface area contributed by atoms with E-state index in [1.807, 2.05) is 0 Å². The predicted octanol–water partition coefficient (Wildman–Crippen LogP) is 2.25. The van der Waals surface area contributed by atoms with Crippen LogP contribution in [0.4, 0.5) is 0 Å². The van der Waals surface area contributed by atoms with Crippen molar-refractivity contribution in [2.75, 3.05) is 19.6 Å². The lowest BCUT2D eigenvalue weighted by atomic mass is 10.1. The fourth-order valence-corrected chi connectivity index (χ4v) is 2.41. The molecule has 0 saturated carbocycles. The van der Waals surface area contributed by atoms with E-state index in [0.717, 1.165) is 6.04 Å². The second-order valence-electron chi connectivity index (χ2n) is 4.52. The molecule has 0 bridgehead atoms. The van der Waals surface area contributed by atoms with E-state index < -0.39 is 0 Å². The van der Waals surface area contributed by atoms with Gasteiger partial charge in [-0.2, -0.15) is 0 Å². The average Bonchev–Trinajstić information content (AvgIpc) is 2.62. The first-order valence-corrected chi connectivity index (χ1v) is 6.25. The third-order valence-corrected chi connectivity index (χ3v) is 3.33. The maximum atomic E-state index is 3.65. The average molecular weight is 198 g/mol. The topological polar surface area (TPSA) is 15.3 Å². The van der Waals surface area contributed by atoms with Crippen LogP contribution in [0, 0.1) is 0 Å². The van der Waals surface area contributed by atoms with Crippen LogP contribution in [0.15, 0.2) is 0 Å². The molecule has 1 heterocycles. The molecule has 0 aromatic rings. The Morgan fingerprint density at radius 2 is 2.21 bits per heavy atom. The highest BCUT2D eigenvalue weighted by Crippen LogP contribution is 2.15. The summed E-state index contributed by atoms with van der Waals surface area (Å²) in [5.41, 5.74) is 0. The first kappa shape index (κ1) is 12.0. The Morgan fingerprint density at radius 3 is 2.86 bits per heavy atom. The first-order chi connectivity index (χ1) is 6.77. The number of hydrogen-bond acceptors (Lipinski definition) is 2. The molecule has 1 saturated heterocycles. The molecule has 1 rings (SSSR count). The summed E-state index contributed by atoms with van der Waals surface area (Å²) in [7, 11) is 0. The van der Waals surface area contributed by atoms with Crippen LogP contribution in [0.3, 0.4) is 0 Å². The van der Waals surface area contributed by atoms with Crippen LogP contribution in [0.25, 0.3) is 0 Å². The fourth-order valence-electron chi connectivity index (χ4n) is 2.41. The minimum Gasteiger partial charge on any atom is -0.313 e. The summed E-state index contributed by atoms with van der Waals surface area (Å²) in [6.45, 7) is 10.5. The molecule has 1 fully saturated rings. The van der Waals surface area contributed by atoms with Gasteiger partial charge in [0.25, 0.3) is 0 Å². The van der Waals surface area contributed by atoms with Crippen molar-refractivity contribution >= 4 is 0 Å². The van der Waals surface area contributed by atoms with Crippen molar-refractivity contribution < 1.29 is 0 Å². The summed E-state index contributed by atoms with van der Waals surface area (Å²) < 4.78 is 0. The molecule has 0 radical (unpaired) electrons. The van der Waals surface area contributed by atoms with Crippen LogP contribution in [0.1, 0.15) is 46.5 Å². The van der Waals surface area contributed by atoms with Crippen molar-refractivity contribution in [1.29, 1.82) is 0 Å². The summed E-state index contributed by atoms with van der Waals surface area (Å²) in [4.78, 5) is 2.60. The minimum atomic E-state index is 0.694. The highest BCUT2D eigenvalue weighted by atomic mass is 15.2. The molecule has 0 spiro atoms. The lowest BCUT2D eigenvalue weighted by Gasteiger charge is -2.24. The van der Waals surface area contributed by atoms with E-state index in [4.69, 9.17) is 0 Å². The quantitative estimate of drug-likeness (QED) is 0.704. The van der Waals surface area contributed by atoms with Crippen LogP contribution in [-0.4, -0.2) is 36.6 Å². The zero-order valence-corrected chi connectivity index (χ0v) is 10.1. The van der Waals surface area contributed by atoms with Crippen LogP contribution >= 0.6 is 0 Å². The van der Waals surface area contributed by atoms with E-state index in [2.05, 4.69) is 31.0 Å². The number of likely N-dealkylation sites (N-methyl/N-ethyl adjacent to an activating group) is 1. The van der Waals surface area contributed by atoms with Gasteiger partial charge in [-0.3, -0.25) is 4.90 Å². The predicted molar refractivity (Wildman–Crippen MR) is 62.6 cm³/mol. The smallest absolute Gasteiger partial charge is 0.0221 e. The van der Waals surface area contributed by atoms with E-state index in [-0.39, 0.29) is 0 Å². The van der Waals surface area contributed by atoms with Crippen molar-refractivity contribution in [2.24, 2.45) is 0 Å². The second-order valence-corrected chi connectivity index (χ2v) is 4.52. The van der Waals surface area contributed by atoms with E-state index in [1.165, 1.54) is 45.3 Å². The summed E-state index contributed by atoms with van der Waals surface area (Å²) in [6.07, 6.45) is 5.37. The van der Waals surface area contributed by atoms with Gasteiger partial charge in [-0.1, -0.05) is 20.3 Å². The van der Waals surface area contributed by atoms with E-state index in [1.54, 1.807) is 0 Å². The molecule has 1 aliphatic rings. The molecule has 0 aromatic carbocycles. The number of likely N-dealkylation sites (tertiary alicyclic amines) is 1. The summed E-state index contributed by atoms with van der Waals surface area (Å²) in [6, 6.07) is 1.50. The van der Waals surface area contributed by atoms with Gasteiger partial charge < -0.3 is 5.32 Å². The fraction of sp³-hybridized carbons (Fsp3) is 1.00. The Labute approximate surface area is 89.1 Å². The van der Waals surface area contributed by atoms with Gasteiger partial charge in [0.1, 0.15) is 0 Å². The second kappa shape index (κ2) is 6.41. The van der Waals surface area contributed by atoms with E-state index in [0.29, 0.717) is 6.04 Å². The van der Waals surface area contributed by atoms with Gasteiger partial charge in [-0.25, -0.2) is 0 Å². The lowest BCUT2D eigenvalue weighted by Crippen LogP contribution is -2.40. The van der Waals surface area contributed by atoms with Gasteiger partial charge in [0.2, 0.25) is 0 Å². The molecular weight excluding hydrogens is 172 g/mol. The number of nitrogens with one attached hydrogen (secondary N) is 1. The van der Waals surface area contributed by atoms with E-state index >= 15 is 0 Å². The molecule has 1 aliphatic heterocycles. The van der Waals surface area contributed by atoms with Crippen LogP contribution in [0.2, 0.25) is 0 Å². The normalized spacial score (nSPS) is 25.5. The van der Waals surface area contributed by atoms with E-state index in [9.17, 15) is 0 Å². The molecule has 0 amide bonds. The molecule has 2 heteroatoms. The molecule has 84 valence electrons. The van der Waals surface area contributed by atoms with Gasteiger partial charge in [0.15, 0.2) is 0 Å². The number of nitrogens with zero attached hydrogens (tertiary/aromatic N) is 1. The molecular formula is C12H26N2. The molecule has 2 nitrogen and oxygen atoms in total. The monoisotopic (exact) mass is 198 g/mol. The lowest BCUT2D eigenvalue weighted by molar-refractivity contribution is 0.253. The molecule has 14 heavy (non-hydrogen) atoms. The van der Waals surface area contributed by atoms with Gasteiger partial charge >= 0.3 is 0 Å². The molecule has 0 aliphatic carbocycles. The SMILES string of the molecule is CCCC(C)NCC1CCCN1CC. The Balaban J connectivity index is 2.16. The van der Waals surface area contributed by atoms with Crippen molar-refractivity contribution in [1.82, 2.24) is 10.2 Å². The molecule has 2 atom stereocenters. The zero-order valence-electron chi connectivity index (χ0n) is 10.1. The van der Waals surface area contributed by atoms with Crippen molar-refractivity contribution in [3.63, 3.8) is 0 Å². The van der Waals surface area contributed by atoms with Crippen molar-refractivity contribution in [3.8, 4) is 0 Å². The largest absolute Gasteiger partial charge is 0.313 e. The summed E-state index contributed by atoms with van der Waals surface area (Å²) in [5.74, 6) is 0. The Morgan fingerprint density at radius 1 is 1.43 bits per heavy atom. The maximum Gasteiger partial charge on any atom is 0.0221 e. The number of hydrogen-bond donors (Lipinski definition) is 1. The molecule has 1 N–H and O–H groups in total. The van der Waals surface area contributed by atoms with Crippen molar-refractivity contribution in [3.05, 3.63) is 0 Å². The molecule has 2 unspecified atom stereocenters. The van der Waals surface area contributed by atoms with Gasteiger partial charge in [-0.05, 0) is 39.3 Å². The first-order valence-electron chi connectivity index (χ1n) is 6.25. The Kier molecular flexibility index (Phi) is 5.49. The van der Waals surface area contributed by atoms with Crippen LogP contribution in [-0.2, 0) is 0 Å². The zero-order chi connectivity index (χ0) is 10.4. The maximum absolute atomic E-state index is 3.65. The van der Waals surface area contributed by atoms with Crippen molar-refractivity contribution in [2.45, 2.75) is 58.5 Å². The minimum absolute atomic E-state index is 0.694. The third-order valence-electron chi connectivity index (χ3n) is 3.33. The number of rotatable bonds is 6. The molecule has 0 aromatic heterocycles. The Hall–Kier alpha value is -0.0800. The highest BCUT2D eigenvalue weighted by Gasteiger charge is 2.22. The standard InChI is InChI=1S/C12H26N2/c1-4-7-11(3)13-10-12-8-6-9-14(12)5-2/h11-13H,4-10H2,1-3H3. The summed E-state index contributed by atoms with van der Waals surface area (Å²) in [5, 5.41) is 3.65. The summed E-state index contributed by atoms with van der Waals surface area (Å²) >= 11 is 0. The van der Waals surface area contributed by atoms with Gasteiger partial charge in [0.05, 0.1) is 0 Å². The third kappa shape index (κ3) is 3.58. The highest BCUT2D eigenvalue weighted by molar-refractivity contribution is 4.80.